The van der Waals surface area contributed by atoms with E-state index in [-0.39, 0.29) is 23.7 Å². The average Bonchev–Trinajstić information content (AvgIpc) is 3.34. The van der Waals surface area contributed by atoms with Crippen LogP contribution in [0.5, 0.6) is 0 Å². The van der Waals surface area contributed by atoms with Gasteiger partial charge >= 0.3 is 0 Å². The van der Waals surface area contributed by atoms with Crippen LogP contribution in [0.1, 0.15) is 13.2 Å². The molecule has 0 radical (unpaired) electrons. The summed E-state index contributed by atoms with van der Waals surface area (Å²) in [5.74, 6) is 0.681. The summed E-state index contributed by atoms with van der Waals surface area (Å²) in [6, 6.07) is 7.72. The fraction of sp³-hybridized carbons (Fsp3) is 0.450. The van der Waals surface area contributed by atoms with Crippen LogP contribution < -0.4 is 16.2 Å². The Hall–Kier alpha value is -1.94. The number of nitrogens with one attached hydrogen (secondary N) is 1. The molecule has 1 aromatic carbocycles. The second kappa shape index (κ2) is 10.4. The minimum atomic E-state index is -4.57. The number of nitrogens with zero attached hydrogens (tertiary/aromatic N) is 3. The molecule has 2 fully saturated rings. The van der Waals surface area contributed by atoms with Crippen molar-refractivity contribution < 1.29 is 33.1 Å². The zero-order chi connectivity index (χ0) is 25.4. The number of fused-ring (bicyclic) bond motifs is 2. The number of hydrogen-bond donors (Lipinski definition) is 3. The minimum absolute atomic E-state index is 0.00728. The first-order chi connectivity index (χ1) is 17.3. The minimum Gasteiger partial charge on any atom is -0.756 e. The molecule has 36 heavy (non-hydrogen) atoms. The SMILES string of the molecule is CCOCCSc1ccc(Sc2nc3c(=O)[nH]c(N)nc3n2[C@@H]2OC3COP(=O)([O-])O[C@H]3C2O)cc1. The summed E-state index contributed by atoms with van der Waals surface area (Å²) in [6.45, 7) is 2.98. The fourth-order valence-corrected chi connectivity index (χ4v) is 6.52. The third-order valence-electron chi connectivity index (χ3n) is 5.48. The average molecular weight is 557 g/mol. The van der Waals surface area contributed by atoms with E-state index in [1.165, 1.54) is 16.3 Å². The van der Waals surface area contributed by atoms with Crippen LogP contribution in [0.2, 0.25) is 0 Å². The number of benzene rings is 1. The van der Waals surface area contributed by atoms with Gasteiger partial charge in [0.15, 0.2) is 22.5 Å². The maximum atomic E-state index is 12.5. The Morgan fingerprint density at radius 1 is 1.33 bits per heavy atom. The lowest BCUT2D eigenvalue weighted by atomic mass is 10.1. The summed E-state index contributed by atoms with van der Waals surface area (Å²) in [5, 5.41) is 11.2. The van der Waals surface area contributed by atoms with E-state index in [0.717, 1.165) is 15.5 Å². The van der Waals surface area contributed by atoms with Gasteiger partial charge in [-0.2, -0.15) is 4.98 Å². The summed E-state index contributed by atoms with van der Waals surface area (Å²) in [6.07, 6.45) is -4.61. The van der Waals surface area contributed by atoms with Gasteiger partial charge in [0.2, 0.25) is 5.95 Å². The van der Waals surface area contributed by atoms with Crippen molar-refractivity contribution >= 4 is 48.5 Å². The number of aliphatic hydroxyl groups excluding tert-OH is 1. The highest BCUT2D eigenvalue weighted by Gasteiger charge is 2.51. The molecule has 5 atom stereocenters. The number of H-pyrrole nitrogens is 1. The van der Waals surface area contributed by atoms with Gasteiger partial charge in [-0.1, -0.05) is 11.8 Å². The van der Waals surface area contributed by atoms with Crippen LogP contribution in [0.15, 0.2) is 44.0 Å². The molecule has 0 saturated carbocycles. The molecule has 2 aromatic heterocycles. The van der Waals surface area contributed by atoms with Crippen LogP contribution in [0.4, 0.5) is 5.95 Å². The molecule has 2 saturated heterocycles. The molecule has 3 unspecified atom stereocenters. The number of phosphoric acid groups is 1. The lowest BCUT2D eigenvalue weighted by Gasteiger charge is -2.34. The topological polar surface area (TPSA) is 187 Å². The molecule has 2 aliphatic heterocycles. The van der Waals surface area contributed by atoms with E-state index in [2.05, 4.69) is 15.0 Å². The van der Waals surface area contributed by atoms with Gasteiger partial charge in [-0.25, -0.2) is 4.98 Å². The molecule has 4 heterocycles. The van der Waals surface area contributed by atoms with Gasteiger partial charge in [-0.3, -0.25) is 18.9 Å². The van der Waals surface area contributed by atoms with Crippen molar-refractivity contribution in [1.29, 1.82) is 0 Å². The lowest BCUT2D eigenvalue weighted by molar-refractivity contribution is -0.245. The number of aromatic nitrogens is 4. The fourth-order valence-electron chi connectivity index (χ4n) is 3.90. The molecular formula is C20H23N5O8PS2-. The number of nitrogen functional groups attached to an aromatic ring is 1. The second-order valence-corrected chi connectivity index (χ2v) is 11.4. The molecule has 0 bridgehead atoms. The van der Waals surface area contributed by atoms with Crippen LogP contribution in [0.25, 0.3) is 11.2 Å². The van der Waals surface area contributed by atoms with Crippen molar-refractivity contribution in [2.24, 2.45) is 0 Å². The number of thioether (sulfide) groups is 1. The quantitative estimate of drug-likeness (QED) is 0.204. The molecule has 0 amide bonds. The molecule has 16 heteroatoms. The van der Waals surface area contributed by atoms with Crippen LogP contribution in [-0.2, 0) is 23.1 Å². The lowest BCUT2D eigenvalue weighted by Crippen LogP contribution is -2.41. The molecule has 194 valence electrons. The summed E-state index contributed by atoms with van der Waals surface area (Å²) >= 11 is 2.89. The van der Waals surface area contributed by atoms with Crippen LogP contribution in [0, 0.1) is 0 Å². The highest BCUT2D eigenvalue weighted by Crippen LogP contribution is 2.50. The number of aliphatic hydroxyl groups is 1. The van der Waals surface area contributed by atoms with Crippen molar-refractivity contribution in [2.45, 2.75) is 46.4 Å². The Morgan fingerprint density at radius 2 is 2.08 bits per heavy atom. The van der Waals surface area contributed by atoms with E-state index in [1.54, 1.807) is 11.8 Å². The van der Waals surface area contributed by atoms with Gasteiger partial charge in [-0.15, -0.1) is 11.8 Å². The van der Waals surface area contributed by atoms with Crippen molar-refractivity contribution in [3.8, 4) is 0 Å². The Bertz CT molecular complexity index is 1350. The number of imidazole rings is 1. The van der Waals surface area contributed by atoms with E-state index in [1.807, 2.05) is 31.2 Å². The smallest absolute Gasteiger partial charge is 0.280 e. The number of ether oxygens (including phenoxy) is 2. The van der Waals surface area contributed by atoms with Crippen LogP contribution in [0.3, 0.4) is 0 Å². The van der Waals surface area contributed by atoms with Crippen molar-refractivity contribution in [2.75, 3.05) is 31.3 Å². The summed E-state index contributed by atoms with van der Waals surface area (Å²) in [4.78, 5) is 37.2. The van der Waals surface area contributed by atoms with Crippen LogP contribution >= 0.6 is 31.3 Å². The predicted molar refractivity (Wildman–Crippen MR) is 129 cm³/mol. The van der Waals surface area contributed by atoms with Gasteiger partial charge < -0.3 is 34.3 Å². The number of aromatic amines is 1. The van der Waals surface area contributed by atoms with E-state index >= 15 is 0 Å². The van der Waals surface area contributed by atoms with Gasteiger partial charge in [0.05, 0.1) is 13.2 Å². The molecule has 0 aliphatic carbocycles. The highest BCUT2D eigenvalue weighted by molar-refractivity contribution is 7.99. The van der Waals surface area contributed by atoms with Crippen LogP contribution in [-0.4, -0.2) is 68.5 Å². The maximum absolute atomic E-state index is 12.5. The zero-order valence-corrected chi connectivity index (χ0v) is 21.5. The van der Waals surface area contributed by atoms with Gasteiger partial charge in [-0.05, 0) is 31.2 Å². The first kappa shape index (κ1) is 25.7. The summed E-state index contributed by atoms with van der Waals surface area (Å²) in [5.41, 5.74) is 5.27. The Balaban J connectivity index is 1.46. The maximum Gasteiger partial charge on any atom is 0.280 e. The molecule has 13 nitrogen and oxygen atoms in total. The van der Waals surface area contributed by atoms with E-state index in [9.17, 15) is 19.4 Å². The van der Waals surface area contributed by atoms with E-state index in [0.29, 0.717) is 18.4 Å². The monoisotopic (exact) mass is 556 g/mol. The van der Waals surface area contributed by atoms with Gasteiger partial charge in [0, 0.05) is 22.2 Å². The Labute approximate surface area is 213 Å². The molecule has 3 aromatic rings. The third kappa shape index (κ3) is 5.21. The van der Waals surface area contributed by atoms with E-state index in [4.69, 9.17) is 24.3 Å². The zero-order valence-electron chi connectivity index (χ0n) is 18.9. The Morgan fingerprint density at radius 3 is 2.83 bits per heavy atom. The Kier molecular flexibility index (Phi) is 7.45. The molecular weight excluding hydrogens is 533 g/mol. The number of rotatable bonds is 8. The number of nitrogens with two attached hydrogens (primary N) is 1. The molecule has 5 rings (SSSR count). The number of phosphoric ester groups is 1. The second-order valence-electron chi connectivity index (χ2n) is 7.88. The van der Waals surface area contributed by atoms with Gasteiger partial charge in [0.1, 0.15) is 18.3 Å². The highest BCUT2D eigenvalue weighted by atomic mass is 32.2. The summed E-state index contributed by atoms with van der Waals surface area (Å²) < 4.78 is 34.1. The van der Waals surface area contributed by atoms with Gasteiger partial charge in [0.25, 0.3) is 13.4 Å². The van der Waals surface area contributed by atoms with Crippen molar-refractivity contribution in [1.82, 2.24) is 19.5 Å². The predicted octanol–water partition coefficient (Wildman–Crippen LogP) is 1.12. The normalized spacial score (nSPS) is 28.0. The summed E-state index contributed by atoms with van der Waals surface area (Å²) in [7, 11) is -4.57. The molecule has 2 aliphatic rings. The van der Waals surface area contributed by atoms with E-state index < -0.39 is 37.9 Å². The standard InChI is InChI=1S/C20H24N5O8PS2/c1-2-30-7-8-35-10-3-5-11(6-4-10)36-20-22-13-16(23-19(21)24-17(13)27)25(20)18-14(26)15-12(32-18)9-31-34(28,29)33-15/h3-6,12,14-15,18,26H,2,7-9H2,1H3,(H,28,29)(H3,21,23,24,27)/p-1/t12?,14?,15-,18-/m1/s1. The number of hydrogen-bond acceptors (Lipinski definition) is 13. The van der Waals surface area contributed by atoms with Crippen molar-refractivity contribution in [3.05, 3.63) is 34.6 Å². The van der Waals surface area contributed by atoms with Crippen molar-refractivity contribution in [3.63, 3.8) is 0 Å². The molecule has 4 N–H and O–H groups in total. The third-order valence-corrected chi connectivity index (χ3v) is 8.40. The molecule has 0 spiro atoms. The first-order valence-electron chi connectivity index (χ1n) is 11.0. The first-order valence-corrected chi connectivity index (χ1v) is 14.3. The largest absolute Gasteiger partial charge is 0.756 e. The number of anilines is 1.